The van der Waals surface area contributed by atoms with Gasteiger partial charge in [-0.3, -0.25) is 9.69 Å². The average molecular weight is 242 g/mol. The van der Waals surface area contributed by atoms with Gasteiger partial charge in [0.05, 0.1) is 0 Å². The Kier molecular flexibility index (Phi) is 4.65. The minimum Gasteiger partial charge on any atom is -0.458 e. The van der Waals surface area contributed by atoms with Crippen LogP contribution < -0.4 is 5.32 Å². The zero-order chi connectivity index (χ0) is 13.1. The van der Waals surface area contributed by atoms with Crippen LogP contribution in [0, 0.1) is 0 Å². The van der Waals surface area contributed by atoms with Crippen LogP contribution in [-0.2, 0) is 14.3 Å². The lowest BCUT2D eigenvalue weighted by molar-refractivity contribution is -0.163. The maximum absolute atomic E-state index is 12.0. The number of hydrogen-bond acceptors (Lipinski definition) is 5. The summed E-state index contributed by atoms with van der Waals surface area (Å²) in [4.78, 5) is 25.5. The summed E-state index contributed by atoms with van der Waals surface area (Å²) in [6.45, 7) is 9.85. The number of ketones is 1. The topological polar surface area (TPSA) is 58.6 Å². The molecule has 98 valence electrons. The van der Waals surface area contributed by atoms with Crippen LogP contribution in [0.1, 0.15) is 27.7 Å². The molecule has 5 nitrogen and oxygen atoms in total. The van der Waals surface area contributed by atoms with Crippen molar-refractivity contribution >= 4 is 11.8 Å². The molecule has 17 heavy (non-hydrogen) atoms. The average Bonchev–Trinajstić information content (AvgIpc) is 2.15. The molecule has 1 fully saturated rings. The fraction of sp³-hybridized carbons (Fsp3) is 0.833. The molecular formula is C12H22N2O3. The van der Waals surface area contributed by atoms with E-state index >= 15 is 0 Å². The first-order valence-electron chi connectivity index (χ1n) is 5.99. The largest absolute Gasteiger partial charge is 0.458 e. The Morgan fingerprint density at radius 2 is 1.76 bits per heavy atom. The first-order chi connectivity index (χ1) is 7.81. The second kappa shape index (κ2) is 5.60. The van der Waals surface area contributed by atoms with E-state index in [1.165, 1.54) is 6.92 Å². The van der Waals surface area contributed by atoms with E-state index in [1.54, 1.807) is 20.8 Å². The Hall–Kier alpha value is -0.940. The van der Waals surface area contributed by atoms with Gasteiger partial charge in [-0.1, -0.05) is 0 Å². The Morgan fingerprint density at radius 3 is 2.18 bits per heavy atom. The first-order valence-corrected chi connectivity index (χ1v) is 5.99. The van der Waals surface area contributed by atoms with Gasteiger partial charge in [0.25, 0.3) is 0 Å². The highest BCUT2D eigenvalue weighted by molar-refractivity contribution is 6.02. The van der Waals surface area contributed by atoms with Crippen molar-refractivity contribution in [2.75, 3.05) is 26.2 Å². The quantitative estimate of drug-likeness (QED) is 0.565. The molecular weight excluding hydrogens is 220 g/mol. The van der Waals surface area contributed by atoms with Crippen LogP contribution in [0.25, 0.3) is 0 Å². The van der Waals surface area contributed by atoms with E-state index in [2.05, 4.69) is 5.32 Å². The van der Waals surface area contributed by atoms with Gasteiger partial charge in [-0.2, -0.15) is 0 Å². The van der Waals surface area contributed by atoms with Crippen molar-refractivity contribution in [1.29, 1.82) is 0 Å². The lowest BCUT2D eigenvalue weighted by atomic mass is 10.1. The molecule has 1 N–H and O–H groups in total. The predicted octanol–water partition coefficient (Wildman–Crippen LogP) is 0.191. The van der Waals surface area contributed by atoms with E-state index in [-0.39, 0.29) is 5.78 Å². The van der Waals surface area contributed by atoms with Crippen LogP contribution in [0.2, 0.25) is 0 Å². The van der Waals surface area contributed by atoms with E-state index in [1.807, 2.05) is 4.90 Å². The maximum atomic E-state index is 12.0. The van der Waals surface area contributed by atoms with Crippen molar-refractivity contribution in [3.63, 3.8) is 0 Å². The fourth-order valence-electron chi connectivity index (χ4n) is 1.87. The fourth-order valence-corrected chi connectivity index (χ4v) is 1.87. The van der Waals surface area contributed by atoms with Gasteiger partial charge >= 0.3 is 5.97 Å². The number of ether oxygens (including phenoxy) is 1. The van der Waals surface area contributed by atoms with Crippen LogP contribution in [-0.4, -0.2) is 54.5 Å². The third-order valence-corrected chi connectivity index (χ3v) is 2.53. The Bertz CT molecular complexity index is 291. The molecule has 5 heteroatoms. The summed E-state index contributed by atoms with van der Waals surface area (Å²) in [5, 5.41) is 3.19. The van der Waals surface area contributed by atoms with Gasteiger partial charge in [0.15, 0.2) is 11.8 Å². The van der Waals surface area contributed by atoms with Crippen LogP contribution in [0.5, 0.6) is 0 Å². The van der Waals surface area contributed by atoms with Gasteiger partial charge in [-0.15, -0.1) is 0 Å². The SMILES string of the molecule is CC(=O)C(C(=O)OC(C)(C)C)N1CCNCC1. The minimum atomic E-state index is -0.753. The number of hydrogen-bond donors (Lipinski definition) is 1. The highest BCUT2D eigenvalue weighted by atomic mass is 16.6. The molecule has 0 bridgehead atoms. The monoisotopic (exact) mass is 242 g/mol. The van der Waals surface area contributed by atoms with Crippen molar-refractivity contribution in [1.82, 2.24) is 10.2 Å². The number of esters is 1. The molecule has 1 rings (SSSR count). The molecule has 0 radical (unpaired) electrons. The molecule has 1 aliphatic heterocycles. The van der Waals surface area contributed by atoms with Crippen molar-refractivity contribution < 1.29 is 14.3 Å². The number of piperazine rings is 1. The second-order valence-electron chi connectivity index (χ2n) is 5.33. The van der Waals surface area contributed by atoms with Crippen molar-refractivity contribution in [3.8, 4) is 0 Å². The van der Waals surface area contributed by atoms with Crippen LogP contribution in [0.4, 0.5) is 0 Å². The van der Waals surface area contributed by atoms with E-state index in [9.17, 15) is 9.59 Å². The van der Waals surface area contributed by atoms with Gasteiger partial charge in [0.1, 0.15) is 5.60 Å². The zero-order valence-corrected chi connectivity index (χ0v) is 11.1. The van der Waals surface area contributed by atoms with Gasteiger partial charge < -0.3 is 10.1 Å². The summed E-state index contributed by atoms with van der Waals surface area (Å²) in [6.07, 6.45) is 0. The summed E-state index contributed by atoms with van der Waals surface area (Å²) in [7, 11) is 0. The van der Waals surface area contributed by atoms with E-state index in [0.717, 1.165) is 13.1 Å². The number of carbonyl (C=O) groups excluding carboxylic acids is 2. The summed E-state index contributed by atoms with van der Waals surface area (Å²) in [5.41, 5.74) is -0.557. The number of Topliss-reactive ketones (excluding diaryl/α,β-unsaturated/α-hetero) is 1. The van der Waals surface area contributed by atoms with Crippen molar-refractivity contribution in [2.45, 2.75) is 39.3 Å². The number of nitrogens with zero attached hydrogens (tertiary/aromatic N) is 1. The van der Waals surface area contributed by atoms with Crippen LogP contribution in [0.3, 0.4) is 0 Å². The normalized spacial score (nSPS) is 19.8. The summed E-state index contributed by atoms with van der Waals surface area (Å²) < 4.78 is 5.29. The minimum absolute atomic E-state index is 0.152. The molecule has 0 saturated carbocycles. The number of rotatable bonds is 3. The van der Waals surface area contributed by atoms with Gasteiger partial charge in [-0.05, 0) is 27.7 Å². The molecule has 0 aromatic rings. The zero-order valence-electron chi connectivity index (χ0n) is 11.1. The van der Waals surface area contributed by atoms with Crippen LogP contribution in [0.15, 0.2) is 0 Å². The molecule has 1 unspecified atom stereocenters. The molecule has 0 amide bonds. The third-order valence-electron chi connectivity index (χ3n) is 2.53. The molecule has 0 spiro atoms. The highest BCUT2D eigenvalue weighted by Crippen LogP contribution is 2.12. The second-order valence-corrected chi connectivity index (χ2v) is 5.33. The first kappa shape index (κ1) is 14.1. The molecule has 0 aliphatic carbocycles. The van der Waals surface area contributed by atoms with E-state index in [4.69, 9.17) is 4.74 Å². The van der Waals surface area contributed by atoms with E-state index < -0.39 is 17.6 Å². The Labute approximate surface area is 102 Å². The van der Waals surface area contributed by atoms with Crippen LogP contribution >= 0.6 is 0 Å². The Balaban J connectivity index is 2.71. The highest BCUT2D eigenvalue weighted by Gasteiger charge is 2.34. The van der Waals surface area contributed by atoms with E-state index in [0.29, 0.717) is 13.1 Å². The van der Waals surface area contributed by atoms with Crippen molar-refractivity contribution in [3.05, 3.63) is 0 Å². The van der Waals surface area contributed by atoms with Crippen molar-refractivity contribution in [2.24, 2.45) is 0 Å². The standard InChI is InChI=1S/C12H22N2O3/c1-9(15)10(11(16)17-12(2,3)4)14-7-5-13-6-8-14/h10,13H,5-8H2,1-4H3. The molecule has 0 aromatic heterocycles. The number of nitrogens with one attached hydrogen (secondary N) is 1. The maximum Gasteiger partial charge on any atom is 0.331 e. The number of carbonyl (C=O) groups is 2. The molecule has 1 aliphatic rings. The molecule has 1 saturated heterocycles. The molecule has 1 atom stereocenters. The van der Waals surface area contributed by atoms with Gasteiger partial charge in [0.2, 0.25) is 0 Å². The van der Waals surface area contributed by atoms with Gasteiger partial charge in [0, 0.05) is 26.2 Å². The smallest absolute Gasteiger partial charge is 0.331 e. The summed E-state index contributed by atoms with van der Waals surface area (Å²) in [6, 6.07) is -0.753. The lowest BCUT2D eigenvalue weighted by Gasteiger charge is -2.33. The lowest BCUT2D eigenvalue weighted by Crippen LogP contribution is -2.55. The van der Waals surface area contributed by atoms with Gasteiger partial charge in [-0.25, -0.2) is 4.79 Å². The Morgan fingerprint density at radius 1 is 1.24 bits per heavy atom. The predicted molar refractivity (Wildman–Crippen MR) is 64.8 cm³/mol. The summed E-state index contributed by atoms with van der Waals surface area (Å²) in [5.74, 6) is -0.590. The molecule has 1 heterocycles. The summed E-state index contributed by atoms with van der Waals surface area (Å²) >= 11 is 0. The third kappa shape index (κ3) is 4.44. The molecule has 0 aromatic carbocycles.